The second-order valence-electron chi connectivity index (χ2n) is 13.8. The molecule has 272 valence electrons. The maximum absolute atomic E-state index is 13.0. The van der Waals surface area contributed by atoms with Crippen LogP contribution >= 0.6 is 12.8 Å². The molecule has 1 aliphatic carbocycles. The summed E-state index contributed by atoms with van der Waals surface area (Å²) in [5.74, 6) is -0.0835. The van der Waals surface area contributed by atoms with E-state index in [9.17, 15) is 28.8 Å². The zero-order valence-corrected chi connectivity index (χ0v) is 31.3. The lowest BCUT2D eigenvalue weighted by Crippen LogP contribution is -2.58. The number of hydrogen-bond acceptors (Lipinski definition) is 9. The molecule has 0 aromatic heterocycles. The zero-order valence-electron chi connectivity index (χ0n) is 30.4. The summed E-state index contributed by atoms with van der Waals surface area (Å²) >= 11 is 3.64. The number of hydrogen-bond donors (Lipinski definition) is 5. The zero-order chi connectivity index (χ0) is 37.0. The van der Waals surface area contributed by atoms with E-state index >= 15 is 0 Å². The fraction of sp³-hybridized carbons (Fsp3) is 0.657. The van der Waals surface area contributed by atoms with Crippen LogP contribution in [0.1, 0.15) is 99.7 Å². The van der Waals surface area contributed by atoms with Gasteiger partial charge in [-0.25, -0.2) is 4.79 Å². The number of thiol groups is 1. The molecule has 3 rings (SSSR count). The van der Waals surface area contributed by atoms with Crippen LogP contribution in [0.3, 0.4) is 0 Å². The minimum atomic E-state index is -0.836. The Morgan fingerprint density at radius 1 is 1.00 bits per heavy atom. The summed E-state index contributed by atoms with van der Waals surface area (Å²) < 4.78 is 7.68. The first kappa shape index (κ1) is 44.5. The summed E-state index contributed by atoms with van der Waals surface area (Å²) in [7, 11) is 1.41. The van der Waals surface area contributed by atoms with E-state index in [2.05, 4.69) is 61.2 Å². The number of amides is 4. The first-order valence-corrected chi connectivity index (χ1v) is 17.0. The molecule has 1 saturated heterocycles. The van der Waals surface area contributed by atoms with Gasteiger partial charge >= 0.3 is 12.0 Å². The summed E-state index contributed by atoms with van der Waals surface area (Å²) in [6.07, 6.45) is 4.69. The molecular weight excluding hydrogens is 634 g/mol. The van der Waals surface area contributed by atoms with Crippen molar-refractivity contribution in [1.82, 2.24) is 25.6 Å². The second kappa shape index (κ2) is 23.0. The smallest absolute Gasteiger partial charge is 0.326 e. The highest BCUT2D eigenvalue weighted by Crippen LogP contribution is 2.27. The molecule has 0 bridgehead atoms. The van der Waals surface area contributed by atoms with Gasteiger partial charge in [0.2, 0.25) is 11.7 Å². The normalized spacial score (nSPS) is 16.9. The van der Waals surface area contributed by atoms with Crippen molar-refractivity contribution in [3.05, 3.63) is 35.9 Å². The van der Waals surface area contributed by atoms with Gasteiger partial charge in [-0.3, -0.25) is 23.9 Å². The summed E-state index contributed by atoms with van der Waals surface area (Å²) in [5.41, 5.74) is 0.274. The minimum Gasteiger partial charge on any atom is -0.456 e. The third kappa shape index (κ3) is 18.8. The molecular formula is C35H59N5O7S. The lowest BCUT2D eigenvalue weighted by atomic mass is 9.85. The third-order valence-corrected chi connectivity index (χ3v) is 7.39. The number of Topliss-reactive ketones (excluding diaryl/α,β-unsaturated/α-hetero) is 1. The van der Waals surface area contributed by atoms with Crippen LogP contribution in [0.25, 0.3) is 0 Å². The van der Waals surface area contributed by atoms with Crippen molar-refractivity contribution in [2.75, 3.05) is 20.1 Å². The lowest BCUT2D eigenvalue weighted by Gasteiger charge is -2.34. The second-order valence-corrected chi connectivity index (χ2v) is 14.0. The van der Waals surface area contributed by atoms with Gasteiger partial charge in [0, 0.05) is 13.6 Å². The van der Waals surface area contributed by atoms with Crippen LogP contribution in [0.5, 0.6) is 0 Å². The molecule has 0 radical (unpaired) electrons. The number of esters is 1. The number of likely N-dealkylation sites (N-methyl/N-ethyl adjacent to an activating group) is 1. The van der Waals surface area contributed by atoms with Gasteiger partial charge in [-0.1, -0.05) is 104 Å². The van der Waals surface area contributed by atoms with Gasteiger partial charge in [-0.2, -0.15) is 0 Å². The fourth-order valence-corrected chi connectivity index (χ4v) is 4.05. The molecule has 13 heteroatoms. The minimum absolute atomic E-state index is 0.299. The lowest BCUT2D eigenvalue weighted by molar-refractivity contribution is -0.147. The van der Waals surface area contributed by atoms with Gasteiger partial charge in [0.05, 0.1) is 12.1 Å². The molecule has 12 nitrogen and oxygen atoms in total. The molecule has 4 atom stereocenters. The molecule has 0 spiro atoms. The van der Waals surface area contributed by atoms with E-state index < -0.39 is 53.3 Å². The number of carbonyl (C=O) groups excluding carboxylic acids is 6. The number of urea groups is 1. The van der Waals surface area contributed by atoms with E-state index in [0.29, 0.717) is 13.0 Å². The first-order valence-electron chi connectivity index (χ1n) is 16.6. The quantitative estimate of drug-likeness (QED) is 0.104. The van der Waals surface area contributed by atoms with E-state index in [-0.39, 0.29) is 12.5 Å². The first-order chi connectivity index (χ1) is 22.4. The Bertz CT molecular complexity index is 1150. The summed E-state index contributed by atoms with van der Waals surface area (Å²) in [5, 5.41) is 7.32. The van der Waals surface area contributed by atoms with Gasteiger partial charge < -0.3 is 30.4 Å². The van der Waals surface area contributed by atoms with E-state index in [0.717, 1.165) is 30.1 Å². The highest BCUT2D eigenvalue weighted by atomic mass is 32.1. The van der Waals surface area contributed by atoms with E-state index in [1.165, 1.54) is 24.8 Å². The van der Waals surface area contributed by atoms with Crippen molar-refractivity contribution in [3.8, 4) is 0 Å². The predicted molar refractivity (Wildman–Crippen MR) is 191 cm³/mol. The number of ether oxygens (including phenoxy) is 1. The van der Waals surface area contributed by atoms with Gasteiger partial charge in [-0.05, 0) is 49.5 Å². The Balaban J connectivity index is 0.000000996. The molecule has 2 fully saturated rings. The van der Waals surface area contributed by atoms with Crippen LogP contribution in [-0.2, 0) is 28.7 Å². The number of likely N-dealkylation sites (tertiary alicyclic amines) is 1. The van der Waals surface area contributed by atoms with Crippen LogP contribution in [-0.4, -0.2) is 79.0 Å². The largest absolute Gasteiger partial charge is 0.456 e. The highest BCUT2D eigenvalue weighted by molar-refractivity contribution is 7.78. The van der Waals surface area contributed by atoms with Gasteiger partial charge in [0.15, 0.2) is 0 Å². The molecule has 1 aromatic rings. The van der Waals surface area contributed by atoms with Crippen LogP contribution in [0.4, 0.5) is 4.79 Å². The van der Waals surface area contributed by atoms with Crippen molar-refractivity contribution >= 4 is 48.7 Å². The average Bonchev–Trinajstić information content (AvgIpc) is 3.67. The maximum Gasteiger partial charge on any atom is 0.326 e. The molecule has 1 aliphatic heterocycles. The standard InChI is InChI=1S/C22H31N3O5.C5H10N2O2S.C4H8.C4H10/c1-15(16-9-6-5-7-10-16)30-18(27)13-23-21(29)24-19(22(2,3)4)20(28)25-12-8-11-17(25)14-26;1-3(7-10)4(8)5(9)6-2;1-4-2-3-4;1-4(2)3/h5-7,9-10,14-15,17,19H,8,11-13H2,1-4H3,(H2,23,24,29);3,7,10H,1-2H3,(H,6,9);4H,2-3H2,1H3;4H,1-3H3. The number of aldehydes is 1. The topological polar surface area (TPSA) is 163 Å². The molecule has 2 aliphatic rings. The summed E-state index contributed by atoms with van der Waals surface area (Å²) in [6, 6.07) is 6.80. The Labute approximate surface area is 292 Å². The summed E-state index contributed by atoms with van der Waals surface area (Å²) in [4.78, 5) is 71.5. The van der Waals surface area contributed by atoms with Crippen LogP contribution < -0.4 is 20.7 Å². The van der Waals surface area contributed by atoms with E-state index in [1.807, 2.05) is 51.1 Å². The highest BCUT2D eigenvalue weighted by Gasteiger charge is 2.39. The number of nitrogens with one attached hydrogen (secondary N) is 4. The Morgan fingerprint density at radius 3 is 1.98 bits per heavy atom. The molecule has 1 aromatic carbocycles. The van der Waals surface area contributed by atoms with Crippen molar-refractivity contribution in [3.63, 3.8) is 0 Å². The molecule has 1 saturated carbocycles. The van der Waals surface area contributed by atoms with Crippen LogP contribution in [0, 0.1) is 17.3 Å². The monoisotopic (exact) mass is 693 g/mol. The SMILES string of the molecule is CC(C)C.CC(OC(=O)CNC(=O)NC(C(=O)N1CCCC1C=O)C(C)(C)C)c1ccccc1.CC1CC1.CNC(=O)C(=O)C(C)NS. The van der Waals surface area contributed by atoms with Crippen molar-refractivity contribution in [2.45, 2.75) is 112 Å². The van der Waals surface area contributed by atoms with Crippen molar-refractivity contribution in [1.29, 1.82) is 0 Å². The summed E-state index contributed by atoms with van der Waals surface area (Å²) in [6.45, 7) is 17.7. The van der Waals surface area contributed by atoms with Gasteiger partial charge in [0.25, 0.3) is 5.91 Å². The number of rotatable bonds is 10. The van der Waals surface area contributed by atoms with E-state index in [4.69, 9.17) is 4.74 Å². The number of carbonyl (C=O) groups is 6. The van der Waals surface area contributed by atoms with Gasteiger partial charge in [-0.15, -0.1) is 0 Å². The predicted octanol–water partition coefficient (Wildman–Crippen LogP) is 4.40. The molecule has 4 N–H and O–H groups in total. The van der Waals surface area contributed by atoms with Crippen LogP contribution in [0.2, 0.25) is 0 Å². The number of nitrogens with zero attached hydrogens (tertiary/aromatic N) is 1. The maximum atomic E-state index is 13.0. The molecule has 4 amide bonds. The van der Waals surface area contributed by atoms with Crippen molar-refractivity contribution < 1.29 is 33.5 Å². The third-order valence-electron chi connectivity index (χ3n) is 7.00. The average molecular weight is 694 g/mol. The Kier molecular flexibility index (Phi) is 21.3. The molecule has 1 heterocycles. The van der Waals surface area contributed by atoms with E-state index in [1.54, 1.807) is 13.8 Å². The van der Waals surface area contributed by atoms with Crippen LogP contribution in [0.15, 0.2) is 30.3 Å². The molecule has 4 unspecified atom stereocenters. The molecule has 48 heavy (non-hydrogen) atoms. The fourth-order valence-electron chi connectivity index (χ4n) is 3.93. The van der Waals surface area contributed by atoms with Crippen molar-refractivity contribution in [2.24, 2.45) is 17.3 Å². The Hall–Kier alpha value is -3.45. The Morgan fingerprint density at radius 2 is 1.54 bits per heavy atom. The number of benzene rings is 1. The van der Waals surface area contributed by atoms with Gasteiger partial charge in [0.1, 0.15) is 25.0 Å². The number of ketones is 1.